The maximum absolute atomic E-state index is 10.3. The van der Waals surface area contributed by atoms with Gasteiger partial charge in [0, 0.05) is 13.1 Å². The van der Waals surface area contributed by atoms with Crippen molar-refractivity contribution in [2.24, 2.45) is 5.29 Å². The van der Waals surface area contributed by atoms with Gasteiger partial charge in [-0.2, -0.15) is 0 Å². The second-order valence-corrected chi connectivity index (χ2v) is 3.31. The van der Waals surface area contributed by atoms with E-state index in [9.17, 15) is 10.0 Å². The Morgan fingerprint density at radius 2 is 2.25 bits per heavy atom. The fraction of sp³-hybridized carbons (Fsp3) is 1.00. The Bertz CT molecular complexity index is 163. The van der Waals surface area contributed by atoms with Crippen molar-refractivity contribution >= 4 is 0 Å². The van der Waals surface area contributed by atoms with Crippen LogP contribution in [-0.2, 0) is 0 Å². The summed E-state index contributed by atoms with van der Waals surface area (Å²) in [5, 5.41) is 13.6. The van der Waals surface area contributed by atoms with Crippen molar-refractivity contribution in [2.75, 3.05) is 26.7 Å². The van der Waals surface area contributed by atoms with Gasteiger partial charge in [0.2, 0.25) is 0 Å². The van der Waals surface area contributed by atoms with Crippen LogP contribution in [0.1, 0.15) is 6.92 Å². The highest BCUT2D eigenvalue weighted by Crippen LogP contribution is 2.11. The summed E-state index contributed by atoms with van der Waals surface area (Å²) in [6, 6.07) is -0.152. The predicted octanol–water partition coefficient (Wildman–Crippen LogP) is -0.335. The van der Waals surface area contributed by atoms with Crippen molar-refractivity contribution in [3.63, 3.8) is 0 Å². The summed E-state index contributed by atoms with van der Waals surface area (Å²) >= 11 is 0. The van der Waals surface area contributed by atoms with Crippen LogP contribution in [0.5, 0.6) is 0 Å². The molecule has 2 atom stereocenters. The Hall–Kier alpha value is -0.680. The third-order valence-electron chi connectivity index (χ3n) is 2.25. The number of rotatable bonds is 2. The van der Waals surface area contributed by atoms with E-state index < -0.39 is 6.10 Å². The van der Waals surface area contributed by atoms with E-state index in [0.29, 0.717) is 13.1 Å². The number of likely N-dealkylation sites (N-methyl/N-ethyl adjacent to an activating group) is 1. The van der Waals surface area contributed by atoms with E-state index in [0.717, 1.165) is 6.54 Å². The summed E-state index contributed by atoms with van der Waals surface area (Å²) < 4.78 is 0. The zero-order valence-corrected chi connectivity index (χ0v) is 7.47. The molecule has 1 rings (SSSR count). The molecule has 5 nitrogen and oxygen atoms in total. The van der Waals surface area contributed by atoms with E-state index in [4.69, 9.17) is 0 Å². The molecule has 70 valence electrons. The summed E-state index contributed by atoms with van der Waals surface area (Å²) in [6.07, 6.45) is -0.509. The Labute approximate surface area is 71.9 Å². The van der Waals surface area contributed by atoms with Gasteiger partial charge in [-0.1, -0.05) is 0 Å². The number of nitrogens with zero attached hydrogens (tertiary/aromatic N) is 3. The minimum Gasteiger partial charge on any atom is -0.391 e. The maximum Gasteiger partial charge on any atom is 0.0885 e. The van der Waals surface area contributed by atoms with Gasteiger partial charge in [-0.3, -0.25) is 5.01 Å². The van der Waals surface area contributed by atoms with Crippen molar-refractivity contribution in [1.82, 2.24) is 9.91 Å². The third kappa shape index (κ3) is 1.92. The zero-order valence-electron chi connectivity index (χ0n) is 7.47. The van der Waals surface area contributed by atoms with Crippen LogP contribution in [0.25, 0.3) is 0 Å². The summed E-state index contributed by atoms with van der Waals surface area (Å²) in [5.41, 5.74) is 0. The number of piperazine rings is 1. The second kappa shape index (κ2) is 3.82. The van der Waals surface area contributed by atoms with E-state index in [1.165, 1.54) is 5.01 Å². The van der Waals surface area contributed by atoms with Gasteiger partial charge in [-0.25, -0.2) is 0 Å². The summed E-state index contributed by atoms with van der Waals surface area (Å²) in [7, 11) is 1.97. The largest absolute Gasteiger partial charge is 0.391 e. The average molecular weight is 173 g/mol. The molecular weight excluding hydrogens is 158 g/mol. The summed E-state index contributed by atoms with van der Waals surface area (Å²) in [6.45, 7) is 3.82. The molecule has 5 heteroatoms. The topological polar surface area (TPSA) is 56.1 Å². The number of hydrogen-bond donors (Lipinski definition) is 1. The lowest BCUT2D eigenvalue weighted by atomic mass is 10.1. The highest BCUT2D eigenvalue weighted by Gasteiger charge is 2.28. The van der Waals surface area contributed by atoms with Gasteiger partial charge in [-0.05, 0) is 14.0 Å². The van der Waals surface area contributed by atoms with Crippen LogP contribution < -0.4 is 0 Å². The third-order valence-corrected chi connectivity index (χ3v) is 2.25. The predicted molar refractivity (Wildman–Crippen MR) is 45.5 cm³/mol. The van der Waals surface area contributed by atoms with E-state index in [1.54, 1.807) is 6.92 Å². The number of aliphatic hydroxyl groups is 1. The maximum atomic E-state index is 10.3. The number of aliphatic hydroxyl groups excluding tert-OH is 1. The van der Waals surface area contributed by atoms with Gasteiger partial charge in [-0.15, -0.1) is 4.91 Å². The first kappa shape index (κ1) is 9.41. The zero-order chi connectivity index (χ0) is 9.14. The standard InChI is InChI=1S/C7H15N3O2/c1-6(11)7-5-9(2)3-4-10(7)8-12/h6-7,11H,3-5H2,1-2H3/t6-,7+/m0/s1. The lowest BCUT2D eigenvalue weighted by Gasteiger charge is -2.37. The van der Waals surface area contributed by atoms with E-state index in [-0.39, 0.29) is 6.04 Å². The first-order valence-corrected chi connectivity index (χ1v) is 4.11. The summed E-state index contributed by atoms with van der Waals surface area (Å²) in [4.78, 5) is 12.4. The van der Waals surface area contributed by atoms with Gasteiger partial charge in [0.25, 0.3) is 0 Å². The molecule has 0 saturated carbocycles. The lowest BCUT2D eigenvalue weighted by Crippen LogP contribution is -2.53. The molecule has 0 radical (unpaired) electrons. The number of hydrogen-bond acceptors (Lipinski definition) is 4. The quantitative estimate of drug-likeness (QED) is 0.581. The normalized spacial score (nSPS) is 28.6. The van der Waals surface area contributed by atoms with E-state index in [2.05, 4.69) is 10.2 Å². The molecule has 0 aromatic carbocycles. The van der Waals surface area contributed by atoms with Crippen LogP contribution in [0, 0.1) is 4.91 Å². The molecule has 0 aliphatic carbocycles. The van der Waals surface area contributed by atoms with Crippen molar-refractivity contribution in [1.29, 1.82) is 0 Å². The van der Waals surface area contributed by atoms with Gasteiger partial charge >= 0.3 is 0 Å². The average Bonchev–Trinajstić information content (AvgIpc) is 2.04. The molecule has 12 heavy (non-hydrogen) atoms. The fourth-order valence-corrected chi connectivity index (χ4v) is 1.45. The van der Waals surface area contributed by atoms with Crippen molar-refractivity contribution < 1.29 is 5.11 Å². The molecule has 1 N–H and O–H groups in total. The minimum atomic E-state index is -0.509. The molecule has 0 amide bonds. The van der Waals surface area contributed by atoms with Gasteiger partial charge < -0.3 is 10.0 Å². The fourth-order valence-electron chi connectivity index (χ4n) is 1.45. The van der Waals surface area contributed by atoms with Crippen molar-refractivity contribution in [2.45, 2.75) is 19.1 Å². The molecule has 0 spiro atoms. The molecule has 1 saturated heterocycles. The Morgan fingerprint density at radius 3 is 2.75 bits per heavy atom. The van der Waals surface area contributed by atoms with Crippen LogP contribution in [0.15, 0.2) is 5.29 Å². The SMILES string of the molecule is C[C@H](O)[C@H]1CN(C)CCN1N=O. The monoisotopic (exact) mass is 173 g/mol. The highest BCUT2D eigenvalue weighted by molar-refractivity contribution is 4.81. The van der Waals surface area contributed by atoms with Gasteiger partial charge in [0.1, 0.15) is 0 Å². The Morgan fingerprint density at radius 1 is 1.58 bits per heavy atom. The van der Waals surface area contributed by atoms with Crippen molar-refractivity contribution in [3.8, 4) is 0 Å². The summed E-state index contributed by atoms with van der Waals surface area (Å²) in [5.74, 6) is 0. The Balaban J connectivity index is 2.57. The van der Waals surface area contributed by atoms with E-state index in [1.807, 2.05) is 7.05 Å². The van der Waals surface area contributed by atoms with Crippen LogP contribution in [0.4, 0.5) is 0 Å². The van der Waals surface area contributed by atoms with Crippen LogP contribution in [-0.4, -0.2) is 53.8 Å². The molecule has 0 unspecified atom stereocenters. The van der Waals surface area contributed by atoms with Gasteiger partial charge in [0.15, 0.2) is 0 Å². The molecule has 0 bridgehead atoms. The highest BCUT2D eigenvalue weighted by atomic mass is 16.3. The van der Waals surface area contributed by atoms with Crippen LogP contribution in [0.3, 0.4) is 0 Å². The lowest BCUT2D eigenvalue weighted by molar-refractivity contribution is 0.00956. The minimum absolute atomic E-state index is 0.152. The van der Waals surface area contributed by atoms with E-state index >= 15 is 0 Å². The first-order valence-electron chi connectivity index (χ1n) is 4.11. The first-order chi connectivity index (χ1) is 5.65. The smallest absolute Gasteiger partial charge is 0.0885 e. The molecule has 1 fully saturated rings. The van der Waals surface area contributed by atoms with Crippen LogP contribution in [0.2, 0.25) is 0 Å². The second-order valence-electron chi connectivity index (χ2n) is 3.31. The van der Waals surface area contributed by atoms with Crippen LogP contribution >= 0.6 is 0 Å². The molecule has 0 aromatic rings. The molecule has 1 heterocycles. The molecule has 0 aromatic heterocycles. The molecular formula is C7H15N3O2. The molecule has 1 aliphatic rings. The number of nitroso groups, excluding NO2 is 1. The van der Waals surface area contributed by atoms with Crippen molar-refractivity contribution in [3.05, 3.63) is 4.91 Å². The Kier molecular flexibility index (Phi) is 2.99. The van der Waals surface area contributed by atoms with Gasteiger partial charge in [0.05, 0.1) is 24.0 Å². The molecule has 1 aliphatic heterocycles.